The van der Waals surface area contributed by atoms with E-state index in [9.17, 15) is 9.18 Å². The minimum absolute atomic E-state index is 0.0965. The molecule has 0 bridgehead atoms. The lowest BCUT2D eigenvalue weighted by Crippen LogP contribution is -2.24. The average Bonchev–Trinajstić information content (AvgIpc) is 2.54. The van der Waals surface area contributed by atoms with Crippen molar-refractivity contribution >= 4 is 11.6 Å². The lowest BCUT2D eigenvalue weighted by molar-refractivity contribution is -0.116. The summed E-state index contributed by atoms with van der Waals surface area (Å²) in [5, 5.41) is 11.5. The van der Waals surface area contributed by atoms with Gasteiger partial charge in [-0.2, -0.15) is 5.26 Å². The molecule has 23 heavy (non-hydrogen) atoms. The fraction of sp³-hybridized carbons (Fsp3) is 0.222. The predicted molar refractivity (Wildman–Crippen MR) is 87.1 cm³/mol. The number of rotatable bonds is 6. The van der Waals surface area contributed by atoms with Crippen LogP contribution in [-0.4, -0.2) is 24.4 Å². The van der Waals surface area contributed by atoms with Gasteiger partial charge in [0.25, 0.3) is 0 Å². The van der Waals surface area contributed by atoms with E-state index in [0.29, 0.717) is 30.8 Å². The Bertz CT molecular complexity index is 707. The molecule has 0 aliphatic heterocycles. The number of nitrogens with zero attached hydrogens (tertiary/aromatic N) is 2. The standard InChI is InChI=1S/C18H18FN3O/c1-22(13-15-3-2-4-16(19)11-15)10-9-18(23)21-17-7-5-14(12-20)6-8-17/h2-8,11H,9-10,13H2,1H3,(H,21,23). The summed E-state index contributed by atoms with van der Waals surface area (Å²) in [6.07, 6.45) is 0.339. The van der Waals surface area contributed by atoms with Gasteiger partial charge in [0.1, 0.15) is 5.82 Å². The van der Waals surface area contributed by atoms with Crippen LogP contribution in [0.3, 0.4) is 0 Å². The first kappa shape index (κ1) is 16.7. The number of halogens is 1. The molecule has 0 spiro atoms. The summed E-state index contributed by atoms with van der Waals surface area (Å²) >= 11 is 0. The molecular formula is C18H18FN3O. The molecule has 2 aromatic rings. The molecule has 0 aliphatic carbocycles. The SMILES string of the molecule is CN(CCC(=O)Nc1ccc(C#N)cc1)Cc1cccc(F)c1. The van der Waals surface area contributed by atoms with E-state index in [0.717, 1.165) is 5.56 Å². The number of carbonyl (C=O) groups is 1. The van der Waals surface area contributed by atoms with Crippen molar-refractivity contribution in [3.8, 4) is 6.07 Å². The molecule has 0 unspecified atom stereocenters. The van der Waals surface area contributed by atoms with Gasteiger partial charge in [0, 0.05) is 25.2 Å². The Morgan fingerprint density at radius 1 is 1.26 bits per heavy atom. The summed E-state index contributed by atoms with van der Waals surface area (Å²) < 4.78 is 13.1. The maximum absolute atomic E-state index is 13.1. The van der Waals surface area contributed by atoms with Crippen molar-refractivity contribution in [1.29, 1.82) is 5.26 Å². The van der Waals surface area contributed by atoms with Gasteiger partial charge in [-0.1, -0.05) is 12.1 Å². The number of amides is 1. The highest BCUT2D eigenvalue weighted by Crippen LogP contribution is 2.10. The highest BCUT2D eigenvalue weighted by molar-refractivity contribution is 5.90. The third-order valence-electron chi connectivity index (χ3n) is 3.36. The Morgan fingerprint density at radius 3 is 2.65 bits per heavy atom. The Labute approximate surface area is 135 Å². The molecule has 0 atom stereocenters. The minimum atomic E-state index is -0.255. The second-order valence-corrected chi connectivity index (χ2v) is 5.36. The van der Waals surface area contributed by atoms with Crippen molar-refractivity contribution in [1.82, 2.24) is 4.90 Å². The molecule has 0 aliphatic rings. The first-order valence-corrected chi connectivity index (χ1v) is 7.30. The summed E-state index contributed by atoms with van der Waals surface area (Å²) in [5.41, 5.74) is 2.10. The fourth-order valence-electron chi connectivity index (χ4n) is 2.17. The second kappa shape index (κ2) is 8.06. The number of anilines is 1. The van der Waals surface area contributed by atoms with Crippen molar-refractivity contribution < 1.29 is 9.18 Å². The molecule has 4 nitrogen and oxygen atoms in total. The largest absolute Gasteiger partial charge is 0.326 e. The van der Waals surface area contributed by atoms with Gasteiger partial charge >= 0.3 is 0 Å². The highest BCUT2D eigenvalue weighted by atomic mass is 19.1. The number of carbonyl (C=O) groups excluding carboxylic acids is 1. The Hall–Kier alpha value is -2.71. The van der Waals surface area contributed by atoms with Crippen molar-refractivity contribution in [3.63, 3.8) is 0 Å². The van der Waals surface area contributed by atoms with Gasteiger partial charge in [0.05, 0.1) is 11.6 Å². The molecule has 0 aromatic heterocycles. The topological polar surface area (TPSA) is 56.1 Å². The van der Waals surface area contributed by atoms with Crippen LogP contribution in [0, 0.1) is 17.1 Å². The molecule has 0 heterocycles. The van der Waals surface area contributed by atoms with Crippen LogP contribution < -0.4 is 5.32 Å². The van der Waals surface area contributed by atoms with E-state index < -0.39 is 0 Å². The summed E-state index contributed by atoms with van der Waals surface area (Å²) in [5.74, 6) is -0.352. The third-order valence-corrected chi connectivity index (χ3v) is 3.36. The van der Waals surface area contributed by atoms with E-state index in [2.05, 4.69) is 5.32 Å². The van der Waals surface area contributed by atoms with Crippen LogP contribution in [0.2, 0.25) is 0 Å². The fourth-order valence-corrected chi connectivity index (χ4v) is 2.17. The molecule has 118 valence electrons. The number of hydrogen-bond acceptors (Lipinski definition) is 3. The smallest absolute Gasteiger partial charge is 0.225 e. The molecule has 2 aromatic carbocycles. The molecule has 5 heteroatoms. The van der Waals surface area contributed by atoms with Gasteiger partial charge in [-0.15, -0.1) is 0 Å². The Morgan fingerprint density at radius 2 is 2.00 bits per heavy atom. The van der Waals surface area contributed by atoms with Crippen LogP contribution in [0.4, 0.5) is 10.1 Å². The summed E-state index contributed by atoms with van der Waals surface area (Å²) in [6.45, 7) is 1.15. The summed E-state index contributed by atoms with van der Waals surface area (Å²) in [6, 6.07) is 15.2. The summed E-state index contributed by atoms with van der Waals surface area (Å²) in [4.78, 5) is 13.9. The molecule has 0 fully saturated rings. The van der Waals surface area contributed by atoms with Gasteiger partial charge in [-0.3, -0.25) is 4.79 Å². The number of nitriles is 1. The maximum Gasteiger partial charge on any atom is 0.225 e. The summed E-state index contributed by atoms with van der Waals surface area (Å²) in [7, 11) is 1.89. The first-order valence-electron chi connectivity index (χ1n) is 7.30. The molecule has 2 rings (SSSR count). The number of hydrogen-bond donors (Lipinski definition) is 1. The van der Waals surface area contributed by atoms with Crippen molar-refractivity contribution in [2.24, 2.45) is 0 Å². The van der Waals surface area contributed by atoms with Gasteiger partial charge < -0.3 is 10.2 Å². The van der Waals surface area contributed by atoms with Gasteiger partial charge in [0.15, 0.2) is 0 Å². The van der Waals surface area contributed by atoms with Crippen LogP contribution in [-0.2, 0) is 11.3 Å². The molecule has 0 saturated heterocycles. The van der Waals surface area contributed by atoms with Crippen molar-refractivity contribution in [3.05, 3.63) is 65.5 Å². The van der Waals surface area contributed by atoms with Crippen LogP contribution in [0.1, 0.15) is 17.5 Å². The highest BCUT2D eigenvalue weighted by Gasteiger charge is 2.06. The Kier molecular flexibility index (Phi) is 5.84. The molecule has 1 amide bonds. The predicted octanol–water partition coefficient (Wildman–Crippen LogP) is 3.16. The van der Waals surface area contributed by atoms with Gasteiger partial charge in [-0.05, 0) is 49.0 Å². The minimum Gasteiger partial charge on any atom is -0.326 e. The zero-order valence-corrected chi connectivity index (χ0v) is 12.9. The van der Waals surface area contributed by atoms with E-state index in [1.807, 2.05) is 24.1 Å². The third kappa shape index (κ3) is 5.53. The molecule has 1 N–H and O–H groups in total. The van der Waals surface area contributed by atoms with E-state index >= 15 is 0 Å². The number of nitrogens with one attached hydrogen (secondary N) is 1. The van der Waals surface area contributed by atoms with Gasteiger partial charge in [-0.25, -0.2) is 4.39 Å². The lowest BCUT2D eigenvalue weighted by atomic mass is 10.2. The van der Waals surface area contributed by atoms with Crippen molar-refractivity contribution in [2.75, 3.05) is 18.9 Å². The normalized spacial score (nSPS) is 10.3. The lowest BCUT2D eigenvalue weighted by Gasteiger charge is -2.16. The monoisotopic (exact) mass is 311 g/mol. The van der Waals surface area contributed by atoms with Crippen LogP contribution in [0.15, 0.2) is 48.5 Å². The first-order chi connectivity index (χ1) is 11.1. The quantitative estimate of drug-likeness (QED) is 0.891. The number of benzene rings is 2. The van der Waals surface area contributed by atoms with E-state index in [-0.39, 0.29) is 11.7 Å². The molecular weight excluding hydrogens is 293 g/mol. The molecule has 0 radical (unpaired) electrons. The maximum atomic E-state index is 13.1. The molecule has 0 saturated carbocycles. The average molecular weight is 311 g/mol. The zero-order valence-electron chi connectivity index (χ0n) is 12.9. The van der Waals surface area contributed by atoms with E-state index in [1.165, 1.54) is 12.1 Å². The van der Waals surface area contributed by atoms with Crippen LogP contribution in [0.25, 0.3) is 0 Å². The van der Waals surface area contributed by atoms with Gasteiger partial charge in [0.2, 0.25) is 5.91 Å². The Balaban J connectivity index is 1.78. The zero-order chi connectivity index (χ0) is 16.7. The van der Waals surface area contributed by atoms with Crippen LogP contribution >= 0.6 is 0 Å². The van der Waals surface area contributed by atoms with Crippen molar-refractivity contribution in [2.45, 2.75) is 13.0 Å². The second-order valence-electron chi connectivity index (χ2n) is 5.36. The van der Waals surface area contributed by atoms with E-state index in [4.69, 9.17) is 5.26 Å². The van der Waals surface area contributed by atoms with E-state index in [1.54, 1.807) is 30.3 Å². The van der Waals surface area contributed by atoms with Crippen LogP contribution in [0.5, 0.6) is 0 Å².